The van der Waals surface area contributed by atoms with E-state index in [1.165, 1.54) is 4.68 Å². The topological polar surface area (TPSA) is 78.3 Å². The van der Waals surface area contributed by atoms with Gasteiger partial charge in [-0.15, -0.1) is 5.10 Å². The molecule has 1 heterocycles. The highest BCUT2D eigenvalue weighted by Crippen LogP contribution is 2.15. The van der Waals surface area contributed by atoms with Gasteiger partial charge in [-0.05, 0) is 26.7 Å². The fourth-order valence-corrected chi connectivity index (χ4v) is 1.93. The van der Waals surface area contributed by atoms with E-state index in [0.29, 0.717) is 18.9 Å². The molecule has 0 aliphatic heterocycles. The summed E-state index contributed by atoms with van der Waals surface area (Å²) in [7, 11) is 0. The van der Waals surface area contributed by atoms with Crippen molar-refractivity contribution in [2.75, 3.05) is 13.2 Å². The van der Waals surface area contributed by atoms with Crippen molar-refractivity contribution in [2.45, 2.75) is 59.4 Å². The highest BCUT2D eigenvalue weighted by molar-refractivity contribution is 5.75. The molecule has 0 saturated heterocycles. The summed E-state index contributed by atoms with van der Waals surface area (Å²) in [6.45, 7) is 9.07. The van der Waals surface area contributed by atoms with Crippen molar-refractivity contribution >= 4 is 5.91 Å². The van der Waals surface area contributed by atoms with E-state index < -0.39 is 6.29 Å². The zero-order valence-electron chi connectivity index (χ0n) is 13.3. The molecule has 0 aliphatic carbocycles. The van der Waals surface area contributed by atoms with Crippen molar-refractivity contribution in [3.8, 4) is 0 Å². The highest BCUT2D eigenvalue weighted by Gasteiger charge is 2.17. The summed E-state index contributed by atoms with van der Waals surface area (Å²) in [5, 5.41) is 10.9. The lowest BCUT2D eigenvalue weighted by Gasteiger charge is -2.14. The first-order chi connectivity index (χ1) is 10.1. The minimum Gasteiger partial charge on any atom is -0.352 e. The molecule has 21 heavy (non-hydrogen) atoms. The molecular weight excluding hydrogens is 272 g/mol. The largest absolute Gasteiger partial charge is 0.352 e. The van der Waals surface area contributed by atoms with Crippen LogP contribution >= 0.6 is 0 Å². The molecule has 0 atom stereocenters. The molecule has 1 aromatic heterocycles. The number of carbonyl (C=O) groups is 1. The van der Waals surface area contributed by atoms with Gasteiger partial charge in [-0.1, -0.05) is 19.1 Å². The number of nitrogens with zero attached hydrogens (tertiary/aromatic N) is 3. The second-order valence-corrected chi connectivity index (χ2v) is 4.66. The predicted molar refractivity (Wildman–Crippen MR) is 78.5 cm³/mol. The van der Waals surface area contributed by atoms with Crippen LogP contribution in [0.2, 0.25) is 0 Å². The molecule has 1 N–H and O–H groups in total. The molecule has 0 spiro atoms. The average Bonchev–Trinajstić information content (AvgIpc) is 2.92. The lowest BCUT2D eigenvalue weighted by atomic mass is 10.2. The number of aromatic nitrogens is 3. The molecule has 0 aromatic carbocycles. The van der Waals surface area contributed by atoms with Crippen molar-refractivity contribution in [1.82, 2.24) is 20.3 Å². The van der Waals surface area contributed by atoms with Crippen molar-refractivity contribution < 1.29 is 14.3 Å². The van der Waals surface area contributed by atoms with Crippen LogP contribution in [-0.2, 0) is 20.8 Å². The normalized spacial score (nSPS) is 11.3. The van der Waals surface area contributed by atoms with E-state index in [0.717, 1.165) is 12.8 Å². The third-order valence-electron chi connectivity index (χ3n) is 3.09. The van der Waals surface area contributed by atoms with E-state index in [-0.39, 0.29) is 18.5 Å². The molecule has 0 bridgehead atoms. The van der Waals surface area contributed by atoms with E-state index in [2.05, 4.69) is 29.5 Å². The number of amides is 1. The first-order valence-electron chi connectivity index (χ1n) is 7.57. The maximum absolute atomic E-state index is 11.9. The summed E-state index contributed by atoms with van der Waals surface area (Å²) in [4.78, 5) is 11.9. The lowest BCUT2D eigenvalue weighted by molar-refractivity contribution is -0.142. The van der Waals surface area contributed by atoms with Gasteiger partial charge in [-0.3, -0.25) is 4.79 Å². The van der Waals surface area contributed by atoms with Crippen LogP contribution in [-0.4, -0.2) is 40.2 Å². The van der Waals surface area contributed by atoms with Crippen LogP contribution in [0, 0.1) is 0 Å². The van der Waals surface area contributed by atoms with Gasteiger partial charge in [0.25, 0.3) is 0 Å². The van der Waals surface area contributed by atoms with Gasteiger partial charge in [0.15, 0.2) is 0 Å². The third kappa shape index (κ3) is 5.81. The molecule has 0 fully saturated rings. The van der Waals surface area contributed by atoms with Crippen molar-refractivity contribution in [3.05, 3.63) is 11.9 Å². The van der Waals surface area contributed by atoms with Crippen LogP contribution < -0.4 is 5.32 Å². The van der Waals surface area contributed by atoms with Crippen LogP contribution in [0.4, 0.5) is 0 Å². The van der Waals surface area contributed by atoms with Crippen LogP contribution in [0.15, 0.2) is 6.20 Å². The number of nitrogens with one attached hydrogen (secondary N) is 1. The van der Waals surface area contributed by atoms with E-state index in [1.807, 2.05) is 13.8 Å². The Hall–Kier alpha value is -1.47. The molecule has 1 amide bonds. The minimum atomic E-state index is -0.532. The Morgan fingerprint density at radius 2 is 1.86 bits per heavy atom. The minimum absolute atomic E-state index is 0.0653. The van der Waals surface area contributed by atoms with Gasteiger partial charge in [0.2, 0.25) is 12.2 Å². The molecule has 1 aromatic rings. The van der Waals surface area contributed by atoms with Gasteiger partial charge in [-0.25, -0.2) is 4.68 Å². The Bertz CT molecular complexity index is 412. The third-order valence-corrected chi connectivity index (χ3v) is 3.09. The first-order valence-corrected chi connectivity index (χ1v) is 7.57. The van der Waals surface area contributed by atoms with Gasteiger partial charge in [0.05, 0.1) is 6.20 Å². The summed E-state index contributed by atoms with van der Waals surface area (Å²) in [6, 6.07) is 0.208. The molecular formula is C14H26N4O3. The Kier molecular flexibility index (Phi) is 7.92. The molecule has 7 nitrogen and oxygen atoms in total. The van der Waals surface area contributed by atoms with Crippen LogP contribution in [0.5, 0.6) is 0 Å². The molecule has 120 valence electrons. The van der Waals surface area contributed by atoms with Gasteiger partial charge < -0.3 is 14.8 Å². The molecule has 0 aliphatic rings. The summed E-state index contributed by atoms with van der Waals surface area (Å²) in [5.41, 5.74) is 0.578. The Balaban J connectivity index is 2.59. The average molecular weight is 298 g/mol. The molecule has 1 rings (SSSR count). The fraction of sp³-hybridized carbons (Fsp3) is 0.786. The first kappa shape index (κ1) is 17.6. The van der Waals surface area contributed by atoms with E-state index in [1.54, 1.807) is 6.20 Å². The second-order valence-electron chi connectivity index (χ2n) is 4.66. The summed E-state index contributed by atoms with van der Waals surface area (Å²) in [5.74, 6) is -0.0653. The highest BCUT2D eigenvalue weighted by atomic mass is 16.7. The summed E-state index contributed by atoms with van der Waals surface area (Å²) < 4.78 is 12.4. The number of hydrogen-bond donors (Lipinski definition) is 1. The predicted octanol–water partition coefficient (Wildman–Crippen LogP) is 1.65. The van der Waals surface area contributed by atoms with Gasteiger partial charge in [0, 0.05) is 19.3 Å². The quantitative estimate of drug-likeness (QED) is 0.665. The molecule has 0 saturated carbocycles. The lowest BCUT2D eigenvalue weighted by Crippen LogP contribution is -2.36. The summed E-state index contributed by atoms with van der Waals surface area (Å²) >= 11 is 0. The molecule has 0 unspecified atom stereocenters. The maximum atomic E-state index is 11.9. The molecule has 0 radical (unpaired) electrons. The standard InChI is InChI=1S/C14H26N4O3/c1-5-11(6-2)15-13(19)10-18-9-12(16-17-18)14(20-7-3)21-8-4/h9,11,14H,5-8,10H2,1-4H3,(H,15,19). The maximum Gasteiger partial charge on any atom is 0.242 e. The Morgan fingerprint density at radius 3 is 2.38 bits per heavy atom. The summed E-state index contributed by atoms with van der Waals surface area (Å²) in [6.07, 6.45) is 2.99. The number of hydrogen-bond acceptors (Lipinski definition) is 5. The van der Waals surface area contributed by atoms with Gasteiger partial charge in [-0.2, -0.15) is 0 Å². The van der Waals surface area contributed by atoms with Crippen LogP contribution in [0.25, 0.3) is 0 Å². The van der Waals surface area contributed by atoms with Crippen molar-refractivity contribution in [2.24, 2.45) is 0 Å². The zero-order valence-corrected chi connectivity index (χ0v) is 13.3. The number of ether oxygens (including phenoxy) is 2. The molecule has 7 heteroatoms. The van der Waals surface area contributed by atoms with E-state index in [9.17, 15) is 4.79 Å². The van der Waals surface area contributed by atoms with Crippen molar-refractivity contribution in [3.63, 3.8) is 0 Å². The van der Waals surface area contributed by atoms with Gasteiger partial charge in [0.1, 0.15) is 12.2 Å². The smallest absolute Gasteiger partial charge is 0.242 e. The monoisotopic (exact) mass is 298 g/mol. The fourth-order valence-electron chi connectivity index (χ4n) is 1.93. The Morgan fingerprint density at radius 1 is 1.24 bits per heavy atom. The number of rotatable bonds is 10. The zero-order chi connectivity index (χ0) is 15.7. The van der Waals surface area contributed by atoms with Crippen LogP contribution in [0.1, 0.15) is 52.5 Å². The SMILES string of the molecule is CCOC(OCC)c1cn(CC(=O)NC(CC)CC)nn1. The van der Waals surface area contributed by atoms with Crippen molar-refractivity contribution in [1.29, 1.82) is 0 Å². The van der Waals surface area contributed by atoms with Crippen LogP contribution in [0.3, 0.4) is 0 Å². The van der Waals surface area contributed by atoms with E-state index >= 15 is 0 Å². The van der Waals surface area contributed by atoms with Gasteiger partial charge >= 0.3 is 0 Å². The Labute approximate surface area is 126 Å². The second kappa shape index (κ2) is 9.46. The number of carbonyl (C=O) groups excluding carboxylic acids is 1. The van der Waals surface area contributed by atoms with E-state index in [4.69, 9.17) is 9.47 Å².